The quantitative estimate of drug-likeness (QED) is 0.834. The van der Waals surface area contributed by atoms with Crippen molar-refractivity contribution in [2.24, 2.45) is 16.7 Å². The lowest BCUT2D eigenvalue weighted by atomic mass is 9.69. The molecule has 2 bridgehead atoms. The summed E-state index contributed by atoms with van der Waals surface area (Å²) in [5, 5.41) is 3.25. The van der Waals surface area contributed by atoms with Crippen molar-refractivity contribution >= 4 is 12.0 Å². The van der Waals surface area contributed by atoms with Crippen LogP contribution in [0, 0.1) is 16.7 Å². The van der Waals surface area contributed by atoms with Crippen molar-refractivity contribution in [3.8, 4) is 0 Å². The number of rotatable bonds is 3. The second-order valence-electron chi connectivity index (χ2n) is 7.42. The number of hydrogen-bond acceptors (Lipinski definition) is 1. The van der Waals surface area contributed by atoms with Crippen LogP contribution in [0.25, 0.3) is 6.08 Å². The van der Waals surface area contributed by atoms with Crippen LogP contribution in [-0.2, 0) is 4.79 Å². The molecule has 1 amide bonds. The molecule has 0 spiro atoms. The van der Waals surface area contributed by atoms with Gasteiger partial charge in [-0.1, -0.05) is 51.1 Å². The zero-order valence-electron chi connectivity index (χ0n) is 13.2. The van der Waals surface area contributed by atoms with Crippen LogP contribution in [0.5, 0.6) is 0 Å². The fourth-order valence-corrected chi connectivity index (χ4v) is 4.38. The molecule has 2 aliphatic carbocycles. The highest BCUT2D eigenvalue weighted by Gasteiger charge is 2.61. The third-order valence-corrected chi connectivity index (χ3v) is 6.34. The van der Waals surface area contributed by atoms with E-state index in [1.807, 2.05) is 36.4 Å². The van der Waals surface area contributed by atoms with Gasteiger partial charge < -0.3 is 5.32 Å². The number of benzene rings is 1. The molecule has 2 heteroatoms. The highest BCUT2D eigenvalue weighted by molar-refractivity contribution is 5.92. The van der Waals surface area contributed by atoms with Gasteiger partial charge in [0.15, 0.2) is 0 Å². The second-order valence-corrected chi connectivity index (χ2v) is 7.42. The molecule has 2 fully saturated rings. The van der Waals surface area contributed by atoms with Crippen LogP contribution in [-0.4, -0.2) is 11.9 Å². The first kappa shape index (κ1) is 14.4. The Morgan fingerprint density at radius 3 is 2.52 bits per heavy atom. The van der Waals surface area contributed by atoms with Crippen LogP contribution >= 0.6 is 0 Å². The van der Waals surface area contributed by atoms with E-state index < -0.39 is 0 Å². The van der Waals surface area contributed by atoms with Crippen LogP contribution in [0.3, 0.4) is 0 Å². The number of nitrogens with one attached hydrogen (secondary N) is 1. The van der Waals surface area contributed by atoms with Crippen molar-refractivity contribution in [1.82, 2.24) is 5.32 Å². The molecule has 21 heavy (non-hydrogen) atoms. The molecule has 0 heterocycles. The van der Waals surface area contributed by atoms with Crippen LogP contribution in [0.4, 0.5) is 0 Å². The Morgan fingerprint density at radius 1 is 1.24 bits per heavy atom. The fourth-order valence-electron chi connectivity index (χ4n) is 4.38. The van der Waals surface area contributed by atoms with Crippen LogP contribution < -0.4 is 5.32 Å². The molecule has 0 aromatic heterocycles. The third kappa shape index (κ3) is 2.31. The average Bonchev–Trinajstić information content (AvgIpc) is 2.79. The zero-order valence-corrected chi connectivity index (χ0v) is 13.2. The van der Waals surface area contributed by atoms with Gasteiger partial charge in [-0.25, -0.2) is 0 Å². The van der Waals surface area contributed by atoms with Crippen molar-refractivity contribution in [3.05, 3.63) is 42.0 Å². The van der Waals surface area contributed by atoms with Gasteiger partial charge in [0.05, 0.1) is 0 Å². The number of carbonyl (C=O) groups is 1. The van der Waals surface area contributed by atoms with Gasteiger partial charge in [0.25, 0.3) is 0 Å². The summed E-state index contributed by atoms with van der Waals surface area (Å²) in [6.45, 7) is 7.10. The van der Waals surface area contributed by atoms with E-state index in [0.29, 0.717) is 11.5 Å². The minimum atomic E-state index is 0.0356. The molecule has 1 aromatic rings. The molecule has 0 aliphatic heterocycles. The van der Waals surface area contributed by atoms with Gasteiger partial charge in [-0.3, -0.25) is 4.79 Å². The van der Waals surface area contributed by atoms with E-state index in [4.69, 9.17) is 0 Å². The Labute approximate surface area is 127 Å². The van der Waals surface area contributed by atoms with Crippen molar-refractivity contribution in [2.75, 3.05) is 0 Å². The highest BCUT2D eigenvalue weighted by Crippen LogP contribution is 2.65. The first-order chi connectivity index (χ1) is 9.93. The van der Waals surface area contributed by atoms with Crippen molar-refractivity contribution < 1.29 is 4.79 Å². The lowest BCUT2D eigenvalue weighted by Crippen LogP contribution is -2.46. The van der Waals surface area contributed by atoms with Crippen molar-refractivity contribution in [2.45, 2.75) is 46.1 Å². The first-order valence-electron chi connectivity index (χ1n) is 7.97. The number of amides is 1. The van der Waals surface area contributed by atoms with E-state index >= 15 is 0 Å². The van der Waals surface area contributed by atoms with E-state index in [2.05, 4.69) is 26.1 Å². The Hall–Kier alpha value is -1.57. The van der Waals surface area contributed by atoms with Crippen LogP contribution in [0.2, 0.25) is 0 Å². The minimum absolute atomic E-state index is 0.0356. The molecule has 112 valence electrons. The number of carbonyl (C=O) groups excluding carboxylic acids is 1. The predicted molar refractivity (Wildman–Crippen MR) is 86.6 cm³/mol. The van der Waals surface area contributed by atoms with E-state index in [1.165, 1.54) is 12.8 Å². The largest absolute Gasteiger partial charge is 0.349 e. The molecule has 2 nitrogen and oxygen atoms in total. The van der Waals surface area contributed by atoms with Gasteiger partial charge in [0.2, 0.25) is 5.91 Å². The average molecular weight is 283 g/mol. The summed E-state index contributed by atoms with van der Waals surface area (Å²) in [4.78, 5) is 12.2. The van der Waals surface area contributed by atoms with Gasteiger partial charge in [-0.05, 0) is 47.6 Å². The summed E-state index contributed by atoms with van der Waals surface area (Å²) in [6.07, 6.45) is 7.23. The summed E-state index contributed by atoms with van der Waals surface area (Å²) in [5.74, 6) is 0.791. The fraction of sp³-hybridized carbons (Fsp3) is 0.526. The maximum Gasteiger partial charge on any atom is 0.244 e. The lowest BCUT2D eigenvalue weighted by Gasteiger charge is -2.39. The van der Waals surface area contributed by atoms with Crippen molar-refractivity contribution in [3.63, 3.8) is 0 Å². The number of fused-ring (bicyclic) bond motifs is 2. The molecule has 0 radical (unpaired) electrons. The zero-order chi connectivity index (χ0) is 15.1. The van der Waals surface area contributed by atoms with Gasteiger partial charge >= 0.3 is 0 Å². The standard InChI is InChI=1S/C19H25NO/c1-18(2)15-11-12-19(18,3)16(13-15)20-17(21)10-9-14-7-5-4-6-8-14/h4-10,15-16H,11-13H2,1-3H3,(H,20,21)/b10-9+/t15-,16+,19+/m0/s1. The summed E-state index contributed by atoms with van der Waals surface area (Å²) in [5.41, 5.74) is 1.65. The van der Waals surface area contributed by atoms with E-state index in [1.54, 1.807) is 6.08 Å². The van der Waals surface area contributed by atoms with Gasteiger partial charge in [-0.15, -0.1) is 0 Å². The molecule has 3 rings (SSSR count). The minimum Gasteiger partial charge on any atom is -0.349 e. The van der Waals surface area contributed by atoms with E-state index in [9.17, 15) is 4.79 Å². The number of hydrogen-bond donors (Lipinski definition) is 1. The van der Waals surface area contributed by atoms with Gasteiger partial charge in [-0.2, -0.15) is 0 Å². The Balaban J connectivity index is 1.66. The molecule has 1 N–H and O–H groups in total. The van der Waals surface area contributed by atoms with E-state index in [0.717, 1.165) is 17.9 Å². The molecular weight excluding hydrogens is 258 g/mol. The Morgan fingerprint density at radius 2 is 1.95 bits per heavy atom. The molecular formula is C19H25NO. The molecule has 2 aliphatic rings. The van der Waals surface area contributed by atoms with Crippen LogP contribution in [0.1, 0.15) is 45.6 Å². The van der Waals surface area contributed by atoms with E-state index in [-0.39, 0.29) is 11.3 Å². The van der Waals surface area contributed by atoms with Crippen molar-refractivity contribution in [1.29, 1.82) is 0 Å². The highest BCUT2D eigenvalue weighted by atomic mass is 16.1. The maximum atomic E-state index is 12.2. The van der Waals surface area contributed by atoms with Crippen LogP contribution in [0.15, 0.2) is 36.4 Å². The molecule has 0 unspecified atom stereocenters. The molecule has 3 atom stereocenters. The summed E-state index contributed by atoms with van der Waals surface area (Å²) < 4.78 is 0. The maximum absolute atomic E-state index is 12.2. The normalized spacial score (nSPS) is 33.5. The SMILES string of the molecule is CC1(C)[C@H]2CC[C@]1(C)[C@H](NC(=O)/C=C/c1ccccc1)C2. The lowest BCUT2D eigenvalue weighted by molar-refractivity contribution is -0.118. The topological polar surface area (TPSA) is 29.1 Å². The predicted octanol–water partition coefficient (Wildman–Crippen LogP) is 4.03. The first-order valence-corrected chi connectivity index (χ1v) is 7.97. The van der Waals surface area contributed by atoms with Gasteiger partial charge in [0.1, 0.15) is 0 Å². The Kier molecular flexibility index (Phi) is 3.43. The summed E-state index contributed by atoms with van der Waals surface area (Å²) >= 11 is 0. The Bertz CT molecular complexity index is 560. The van der Waals surface area contributed by atoms with Gasteiger partial charge in [0, 0.05) is 12.1 Å². The summed E-state index contributed by atoms with van der Waals surface area (Å²) in [6, 6.07) is 10.3. The molecule has 2 saturated carbocycles. The monoisotopic (exact) mass is 283 g/mol. The molecule has 0 saturated heterocycles. The third-order valence-electron chi connectivity index (χ3n) is 6.34. The smallest absolute Gasteiger partial charge is 0.244 e. The molecule has 1 aromatic carbocycles. The summed E-state index contributed by atoms with van der Waals surface area (Å²) in [7, 11) is 0. The second kappa shape index (κ2) is 5.01.